The van der Waals surface area contributed by atoms with Crippen LogP contribution in [0.15, 0.2) is 60.4 Å². The van der Waals surface area contributed by atoms with Gasteiger partial charge in [0.25, 0.3) is 5.91 Å². The van der Waals surface area contributed by atoms with E-state index in [0.717, 1.165) is 5.56 Å². The number of hydrogen-bond donors (Lipinski definition) is 2. The number of nitrogens with two attached hydrogens (primary N) is 1. The zero-order valence-corrected chi connectivity index (χ0v) is 19.1. The Balaban J connectivity index is 1.54. The molecule has 36 heavy (non-hydrogen) atoms. The minimum absolute atomic E-state index is 0.0195. The molecular weight excluding hydrogens is 466 g/mol. The molecule has 3 N–H and O–H groups in total. The Morgan fingerprint density at radius 3 is 2.72 bits per heavy atom. The first-order valence-corrected chi connectivity index (χ1v) is 11.0. The number of carbonyl (C=O) groups is 3. The van der Waals surface area contributed by atoms with Gasteiger partial charge in [-0.3, -0.25) is 14.4 Å². The molecule has 0 spiro atoms. The van der Waals surface area contributed by atoms with Gasteiger partial charge in [0.05, 0.1) is 19.1 Å². The summed E-state index contributed by atoms with van der Waals surface area (Å²) < 4.78 is 22.0. The molecule has 3 aromatic rings. The van der Waals surface area contributed by atoms with Crippen LogP contribution in [-0.2, 0) is 9.59 Å². The highest BCUT2D eigenvalue weighted by molar-refractivity contribution is 6.15. The topological polar surface area (TPSA) is 134 Å². The van der Waals surface area contributed by atoms with Crippen molar-refractivity contribution in [2.45, 2.75) is 12.3 Å². The summed E-state index contributed by atoms with van der Waals surface area (Å²) >= 11 is 0. The second kappa shape index (κ2) is 9.10. The van der Waals surface area contributed by atoms with Gasteiger partial charge in [0.2, 0.25) is 5.78 Å². The van der Waals surface area contributed by atoms with Crippen LogP contribution in [0.1, 0.15) is 39.4 Å². The van der Waals surface area contributed by atoms with Crippen LogP contribution >= 0.6 is 0 Å². The second-order valence-corrected chi connectivity index (χ2v) is 8.28. The normalized spacial score (nSPS) is 17.1. The second-order valence-electron chi connectivity index (χ2n) is 8.28. The summed E-state index contributed by atoms with van der Waals surface area (Å²) in [6, 6.07) is 14.8. The van der Waals surface area contributed by atoms with Gasteiger partial charge in [0.1, 0.15) is 17.2 Å². The molecule has 0 saturated carbocycles. The summed E-state index contributed by atoms with van der Waals surface area (Å²) in [6.45, 7) is -0.283. The Kier molecular flexibility index (Phi) is 5.81. The molecule has 3 aromatic carbocycles. The molecule has 0 unspecified atom stereocenters. The van der Waals surface area contributed by atoms with E-state index in [9.17, 15) is 19.5 Å². The van der Waals surface area contributed by atoms with Gasteiger partial charge in [-0.25, -0.2) is 0 Å². The number of fused-ring (bicyclic) bond motifs is 3. The molecule has 0 aromatic heterocycles. The Morgan fingerprint density at radius 2 is 1.97 bits per heavy atom. The number of esters is 1. The van der Waals surface area contributed by atoms with E-state index in [0.29, 0.717) is 39.7 Å². The van der Waals surface area contributed by atoms with Crippen molar-refractivity contribution in [3.05, 3.63) is 82.6 Å². The molecule has 2 aliphatic heterocycles. The van der Waals surface area contributed by atoms with E-state index < -0.39 is 17.8 Å². The third-order valence-corrected chi connectivity index (χ3v) is 5.92. The summed E-state index contributed by atoms with van der Waals surface area (Å²) in [5, 5.41) is 10.1. The van der Waals surface area contributed by atoms with Crippen molar-refractivity contribution in [3.63, 3.8) is 0 Å². The third-order valence-electron chi connectivity index (χ3n) is 5.92. The zero-order valence-electron chi connectivity index (χ0n) is 19.1. The quantitative estimate of drug-likeness (QED) is 0.307. The fraction of sp³-hybridized carbons (Fsp3) is 0.148. The van der Waals surface area contributed by atoms with Crippen LogP contribution in [0.5, 0.6) is 28.7 Å². The van der Waals surface area contributed by atoms with Crippen molar-refractivity contribution < 1.29 is 38.4 Å². The van der Waals surface area contributed by atoms with Crippen LogP contribution in [0.2, 0.25) is 0 Å². The van der Waals surface area contributed by atoms with E-state index in [-0.39, 0.29) is 30.3 Å². The molecule has 0 saturated heterocycles. The lowest BCUT2D eigenvalue weighted by Crippen LogP contribution is -2.22. The highest BCUT2D eigenvalue weighted by atomic mass is 16.5. The zero-order chi connectivity index (χ0) is 25.4. The Morgan fingerprint density at radius 1 is 1.14 bits per heavy atom. The molecule has 9 heteroatoms. The number of phenolic OH excluding ortho intramolecular Hbond substituents is 1. The maximum Gasteiger partial charge on any atom is 0.312 e. The summed E-state index contributed by atoms with van der Waals surface area (Å²) in [6.07, 6.45) is 1.54. The standard InChI is InChI=1S/C27H21NO8/c1-33-20-7-5-14(9-19(20)29)10-22-26(32)17-6-8-21-25(27(17)36-22)18(12-24(31)35-21)15-3-2-4-16(11-15)34-13-23(28)30/h2-11,18,29H,12-13H2,1H3,(H2,28,30)/b22-10-/t18-/m0/s1. The molecule has 2 aliphatic rings. The summed E-state index contributed by atoms with van der Waals surface area (Å²) in [5.74, 6) is -0.531. The number of allylic oxidation sites excluding steroid dienone is 1. The van der Waals surface area contributed by atoms with E-state index in [1.54, 1.807) is 42.5 Å². The molecule has 0 bridgehead atoms. The monoisotopic (exact) mass is 487 g/mol. The average Bonchev–Trinajstić information content (AvgIpc) is 3.17. The fourth-order valence-electron chi connectivity index (χ4n) is 4.31. The number of primary amides is 1. The van der Waals surface area contributed by atoms with Gasteiger partial charge >= 0.3 is 5.97 Å². The van der Waals surface area contributed by atoms with E-state index >= 15 is 0 Å². The smallest absolute Gasteiger partial charge is 0.312 e. The number of ketones is 1. The first-order chi connectivity index (χ1) is 17.3. The van der Waals surface area contributed by atoms with Crippen molar-refractivity contribution in [1.29, 1.82) is 0 Å². The van der Waals surface area contributed by atoms with Gasteiger partial charge in [0.15, 0.2) is 23.9 Å². The number of carbonyl (C=O) groups excluding carboxylic acids is 3. The van der Waals surface area contributed by atoms with Gasteiger partial charge in [-0.15, -0.1) is 0 Å². The van der Waals surface area contributed by atoms with Crippen LogP contribution in [0.3, 0.4) is 0 Å². The van der Waals surface area contributed by atoms with Gasteiger partial charge < -0.3 is 29.8 Å². The van der Waals surface area contributed by atoms with E-state index in [2.05, 4.69) is 0 Å². The SMILES string of the molecule is COc1ccc(/C=C2\Oc3c(ccc4c3[C@H](c3cccc(OCC(N)=O)c3)CC(=O)O4)C2=O)cc1O. The number of methoxy groups -OCH3 is 1. The average molecular weight is 487 g/mol. The Bertz CT molecular complexity index is 1440. The van der Waals surface area contributed by atoms with Crippen molar-refractivity contribution in [3.8, 4) is 28.7 Å². The van der Waals surface area contributed by atoms with Crippen LogP contribution in [-0.4, -0.2) is 36.5 Å². The van der Waals surface area contributed by atoms with Gasteiger partial charge in [-0.2, -0.15) is 0 Å². The van der Waals surface area contributed by atoms with E-state index in [1.165, 1.54) is 19.3 Å². The van der Waals surface area contributed by atoms with Gasteiger partial charge in [0, 0.05) is 11.5 Å². The molecule has 0 aliphatic carbocycles. The van der Waals surface area contributed by atoms with E-state index in [4.69, 9.17) is 24.7 Å². The Labute approximate surface area is 205 Å². The maximum absolute atomic E-state index is 13.2. The van der Waals surface area contributed by atoms with Crippen molar-refractivity contribution in [2.24, 2.45) is 5.73 Å². The molecule has 0 fully saturated rings. The summed E-state index contributed by atoms with van der Waals surface area (Å²) in [7, 11) is 1.44. The number of benzene rings is 3. The summed E-state index contributed by atoms with van der Waals surface area (Å²) in [5.41, 5.74) is 7.33. The molecule has 5 rings (SSSR count). The molecular formula is C27H21NO8. The Hall–Kier alpha value is -4.79. The lowest BCUT2D eigenvalue weighted by atomic mass is 9.84. The largest absolute Gasteiger partial charge is 0.504 e. The predicted molar refractivity (Wildman–Crippen MR) is 127 cm³/mol. The highest BCUT2D eigenvalue weighted by Crippen LogP contribution is 2.49. The minimum atomic E-state index is -0.610. The van der Waals surface area contributed by atoms with Crippen molar-refractivity contribution >= 4 is 23.7 Å². The van der Waals surface area contributed by atoms with Crippen molar-refractivity contribution in [2.75, 3.05) is 13.7 Å². The predicted octanol–water partition coefficient (Wildman–Crippen LogP) is 3.32. The van der Waals surface area contributed by atoms with Crippen LogP contribution in [0, 0.1) is 0 Å². The molecule has 1 amide bonds. The van der Waals surface area contributed by atoms with Gasteiger partial charge in [-0.1, -0.05) is 18.2 Å². The number of phenols is 1. The maximum atomic E-state index is 13.2. The van der Waals surface area contributed by atoms with Crippen molar-refractivity contribution in [1.82, 2.24) is 0 Å². The first-order valence-electron chi connectivity index (χ1n) is 11.0. The number of ether oxygens (including phenoxy) is 4. The molecule has 1 atom stereocenters. The molecule has 9 nitrogen and oxygen atoms in total. The van der Waals surface area contributed by atoms with Crippen LogP contribution in [0.25, 0.3) is 6.08 Å². The lowest BCUT2D eigenvalue weighted by Gasteiger charge is -2.26. The van der Waals surface area contributed by atoms with Crippen LogP contribution < -0.4 is 24.7 Å². The fourth-order valence-corrected chi connectivity index (χ4v) is 4.31. The first kappa shape index (κ1) is 23.0. The number of rotatable bonds is 6. The number of hydrogen-bond acceptors (Lipinski definition) is 8. The molecule has 0 radical (unpaired) electrons. The van der Waals surface area contributed by atoms with Gasteiger partial charge in [-0.05, 0) is 53.6 Å². The third kappa shape index (κ3) is 4.22. The molecule has 182 valence electrons. The number of aromatic hydroxyl groups is 1. The van der Waals surface area contributed by atoms with Crippen LogP contribution in [0.4, 0.5) is 0 Å². The highest BCUT2D eigenvalue weighted by Gasteiger charge is 2.38. The number of Topliss-reactive ketones (excluding diaryl/α,β-unsaturated/α-hetero) is 1. The lowest BCUT2D eigenvalue weighted by molar-refractivity contribution is -0.135. The number of amides is 1. The molecule has 2 heterocycles. The summed E-state index contributed by atoms with van der Waals surface area (Å²) in [4.78, 5) is 36.6. The minimum Gasteiger partial charge on any atom is -0.504 e. The van der Waals surface area contributed by atoms with E-state index in [1.807, 2.05) is 6.07 Å².